The number of nitrogens with one attached hydrogen (secondary N) is 1. The van der Waals surface area contributed by atoms with Crippen LogP contribution in [0.15, 0.2) is 18.3 Å². The van der Waals surface area contributed by atoms with Crippen LogP contribution in [-0.4, -0.2) is 29.8 Å². The molecule has 15 heavy (non-hydrogen) atoms. The number of hydrogen-bond acceptors (Lipinski definition) is 4. The lowest BCUT2D eigenvalue weighted by molar-refractivity contribution is 0.196. The van der Waals surface area contributed by atoms with Crippen LogP contribution in [0.2, 0.25) is 0 Å². The lowest BCUT2D eigenvalue weighted by Crippen LogP contribution is -2.08. The number of rotatable bonds is 6. The minimum atomic E-state index is 0.00896. The van der Waals surface area contributed by atoms with Gasteiger partial charge in [0.1, 0.15) is 6.61 Å². The highest BCUT2D eigenvalue weighted by molar-refractivity contribution is 5.41. The van der Waals surface area contributed by atoms with Gasteiger partial charge < -0.3 is 15.2 Å². The average Bonchev–Trinajstić information content (AvgIpc) is 2.25. The van der Waals surface area contributed by atoms with E-state index in [4.69, 9.17) is 9.84 Å². The first-order valence-corrected chi connectivity index (χ1v) is 5.16. The summed E-state index contributed by atoms with van der Waals surface area (Å²) in [6.45, 7) is 5.53. The Morgan fingerprint density at radius 2 is 2.27 bits per heavy atom. The molecule has 0 atom stereocenters. The number of aliphatic hydroxyl groups is 1. The minimum absolute atomic E-state index is 0.00896. The maximum atomic E-state index is 8.56. The van der Waals surface area contributed by atoms with Gasteiger partial charge in [-0.3, -0.25) is 0 Å². The predicted octanol–water partition coefficient (Wildman–Crippen LogP) is 1.52. The normalized spacial score (nSPS) is 10.4. The molecule has 0 unspecified atom stereocenters. The zero-order chi connectivity index (χ0) is 11.1. The van der Waals surface area contributed by atoms with E-state index in [1.165, 1.54) is 0 Å². The average molecular weight is 210 g/mol. The molecular weight excluding hydrogens is 192 g/mol. The number of hydrogen-bond donors (Lipinski definition) is 2. The summed E-state index contributed by atoms with van der Waals surface area (Å²) >= 11 is 0. The van der Waals surface area contributed by atoms with E-state index in [-0.39, 0.29) is 13.2 Å². The van der Waals surface area contributed by atoms with Crippen LogP contribution in [-0.2, 0) is 0 Å². The van der Waals surface area contributed by atoms with E-state index < -0.39 is 0 Å². The van der Waals surface area contributed by atoms with Crippen LogP contribution >= 0.6 is 0 Å². The zero-order valence-corrected chi connectivity index (χ0v) is 9.23. The smallest absolute Gasteiger partial charge is 0.213 e. The van der Waals surface area contributed by atoms with Crippen LogP contribution in [0, 0.1) is 5.92 Å². The number of aliphatic hydroxyl groups excluding tert-OH is 1. The van der Waals surface area contributed by atoms with Crippen LogP contribution in [0.25, 0.3) is 0 Å². The molecule has 0 radical (unpaired) electrons. The molecule has 1 rings (SSSR count). The minimum Gasteiger partial charge on any atom is -0.475 e. The highest BCUT2D eigenvalue weighted by Gasteiger charge is 1.97. The van der Waals surface area contributed by atoms with Crippen molar-refractivity contribution in [3.05, 3.63) is 18.3 Å². The van der Waals surface area contributed by atoms with Gasteiger partial charge in [0.2, 0.25) is 5.88 Å². The Morgan fingerprint density at radius 3 is 2.80 bits per heavy atom. The van der Waals surface area contributed by atoms with E-state index in [9.17, 15) is 0 Å². The molecule has 1 heterocycles. The van der Waals surface area contributed by atoms with Gasteiger partial charge in [0, 0.05) is 12.6 Å². The quantitative estimate of drug-likeness (QED) is 0.747. The van der Waals surface area contributed by atoms with Gasteiger partial charge in [0.15, 0.2) is 0 Å². The van der Waals surface area contributed by atoms with Crippen LogP contribution in [0.5, 0.6) is 5.88 Å². The SMILES string of the molecule is CC(C)CNc1ccc(OCCO)nc1. The lowest BCUT2D eigenvalue weighted by atomic mass is 10.2. The largest absolute Gasteiger partial charge is 0.475 e. The van der Waals surface area contributed by atoms with Crippen LogP contribution in [0.4, 0.5) is 5.69 Å². The zero-order valence-electron chi connectivity index (χ0n) is 9.23. The third-order valence-electron chi connectivity index (χ3n) is 1.79. The Labute approximate surface area is 90.3 Å². The molecule has 0 amide bonds. The van der Waals surface area contributed by atoms with Crippen molar-refractivity contribution in [1.29, 1.82) is 0 Å². The van der Waals surface area contributed by atoms with Crippen LogP contribution < -0.4 is 10.1 Å². The lowest BCUT2D eigenvalue weighted by Gasteiger charge is -2.09. The van der Waals surface area contributed by atoms with Crippen molar-refractivity contribution in [2.24, 2.45) is 5.92 Å². The Balaban J connectivity index is 2.41. The summed E-state index contributed by atoms with van der Waals surface area (Å²) < 4.78 is 5.15. The molecule has 0 spiro atoms. The first kappa shape index (κ1) is 11.8. The molecule has 4 nitrogen and oxygen atoms in total. The fourth-order valence-electron chi connectivity index (χ4n) is 1.04. The summed E-state index contributed by atoms with van der Waals surface area (Å²) in [6.07, 6.45) is 1.73. The molecule has 84 valence electrons. The Kier molecular flexibility index (Phi) is 4.90. The molecule has 0 saturated heterocycles. The third-order valence-corrected chi connectivity index (χ3v) is 1.79. The topological polar surface area (TPSA) is 54.4 Å². The van der Waals surface area contributed by atoms with Gasteiger partial charge in [-0.15, -0.1) is 0 Å². The van der Waals surface area contributed by atoms with E-state index >= 15 is 0 Å². The van der Waals surface area contributed by atoms with Crippen molar-refractivity contribution in [2.45, 2.75) is 13.8 Å². The van der Waals surface area contributed by atoms with Crippen molar-refractivity contribution >= 4 is 5.69 Å². The fraction of sp³-hybridized carbons (Fsp3) is 0.545. The summed E-state index contributed by atoms with van der Waals surface area (Å²) in [5, 5.41) is 11.8. The van der Waals surface area contributed by atoms with Crippen molar-refractivity contribution in [2.75, 3.05) is 25.1 Å². The van der Waals surface area contributed by atoms with Gasteiger partial charge in [-0.2, -0.15) is 0 Å². The summed E-state index contributed by atoms with van der Waals surface area (Å²) in [6, 6.07) is 3.71. The Morgan fingerprint density at radius 1 is 1.47 bits per heavy atom. The summed E-state index contributed by atoms with van der Waals surface area (Å²) in [5.74, 6) is 1.15. The van der Waals surface area contributed by atoms with Crippen LogP contribution in [0.1, 0.15) is 13.8 Å². The van der Waals surface area contributed by atoms with E-state index in [0.717, 1.165) is 12.2 Å². The first-order chi connectivity index (χ1) is 7.22. The molecule has 0 bridgehead atoms. The number of pyridine rings is 1. The molecule has 1 aromatic rings. The summed E-state index contributed by atoms with van der Waals surface area (Å²) in [5.41, 5.74) is 0.986. The first-order valence-electron chi connectivity index (χ1n) is 5.16. The van der Waals surface area contributed by atoms with E-state index in [2.05, 4.69) is 24.1 Å². The van der Waals surface area contributed by atoms with Gasteiger partial charge in [-0.05, 0) is 12.0 Å². The van der Waals surface area contributed by atoms with Gasteiger partial charge in [0.25, 0.3) is 0 Å². The molecule has 1 aromatic heterocycles. The second kappa shape index (κ2) is 6.24. The molecule has 0 aliphatic carbocycles. The summed E-state index contributed by atoms with van der Waals surface area (Å²) in [7, 11) is 0. The second-order valence-electron chi connectivity index (χ2n) is 3.73. The molecule has 0 aliphatic heterocycles. The van der Waals surface area contributed by atoms with E-state index in [1.807, 2.05) is 6.07 Å². The number of anilines is 1. The van der Waals surface area contributed by atoms with Gasteiger partial charge in [0.05, 0.1) is 18.5 Å². The monoisotopic (exact) mass is 210 g/mol. The van der Waals surface area contributed by atoms with Gasteiger partial charge >= 0.3 is 0 Å². The third kappa shape index (κ3) is 4.65. The highest BCUT2D eigenvalue weighted by atomic mass is 16.5. The molecule has 0 saturated carbocycles. The fourth-order valence-corrected chi connectivity index (χ4v) is 1.04. The molecule has 4 heteroatoms. The molecule has 2 N–H and O–H groups in total. The maximum Gasteiger partial charge on any atom is 0.213 e. The molecular formula is C11H18N2O2. The Bertz CT molecular complexity index is 272. The summed E-state index contributed by atoms with van der Waals surface area (Å²) in [4.78, 5) is 4.10. The standard InChI is InChI=1S/C11H18N2O2/c1-9(2)7-12-10-3-4-11(13-8-10)15-6-5-14/h3-4,8-9,12,14H,5-7H2,1-2H3. The van der Waals surface area contributed by atoms with Gasteiger partial charge in [-0.1, -0.05) is 13.8 Å². The number of ether oxygens (including phenoxy) is 1. The number of aromatic nitrogens is 1. The van der Waals surface area contributed by atoms with E-state index in [1.54, 1.807) is 12.3 Å². The molecule has 0 aliphatic rings. The number of nitrogens with zero attached hydrogens (tertiary/aromatic N) is 1. The van der Waals surface area contributed by atoms with Crippen molar-refractivity contribution < 1.29 is 9.84 Å². The highest BCUT2D eigenvalue weighted by Crippen LogP contribution is 2.11. The van der Waals surface area contributed by atoms with Gasteiger partial charge in [-0.25, -0.2) is 4.98 Å². The van der Waals surface area contributed by atoms with Crippen LogP contribution in [0.3, 0.4) is 0 Å². The molecule has 0 fully saturated rings. The second-order valence-corrected chi connectivity index (χ2v) is 3.73. The Hall–Kier alpha value is -1.29. The van der Waals surface area contributed by atoms with Crippen molar-refractivity contribution in [3.8, 4) is 5.88 Å². The van der Waals surface area contributed by atoms with E-state index in [0.29, 0.717) is 11.8 Å². The molecule has 0 aromatic carbocycles. The maximum absolute atomic E-state index is 8.56. The van der Waals surface area contributed by atoms with Crippen molar-refractivity contribution in [3.63, 3.8) is 0 Å². The van der Waals surface area contributed by atoms with Crippen molar-refractivity contribution in [1.82, 2.24) is 4.98 Å². The predicted molar refractivity (Wildman–Crippen MR) is 60.1 cm³/mol.